The second-order valence-corrected chi connectivity index (χ2v) is 7.47. The van der Waals surface area contributed by atoms with E-state index in [0.29, 0.717) is 47.1 Å². The summed E-state index contributed by atoms with van der Waals surface area (Å²) in [5, 5.41) is 8.86. The number of benzene rings is 2. The Morgan fingerprint density at radius 1 is 1.03 bits per heavy atom. The van der Waals surface area contributed by atoms with Gasteiger partial charge in [-0.3, -0.25) is 4.79 Å². The number of hydrogen-bond acceptors (Lipinski definition) is 6. The predicted octanol–water partition coefficient (Wildman–Crippen LogP) is 3.97. The third-order valence-electron chi connectivity index (χ3n) is 4.90. The van der Waals surface area contributed by atoms with Gasteiger partial charge in [-0.2, -0.15) is 0 Å². The van der Waals surface area contributed by atoms with Crippen molar-refractivity contribution in [1.29, 1.82) is 0 Å². The maximum absolute atomic E-state index is 13.2. The van der Waals surface area contributed by atoms with Gasteiger partial charge < -0.3 is 18.8 Å². The van der Waals surface area contributed by atoms with Gasteiger partial charge in [0, 0.05) is 22.2 Å². The molecule has 0 bridgehead atoms. The molecule has 0 atom stereocenters. The van der Waals surface area contributed by atoms with Gasteiger partial charge in [-0.05, 0) is 55.3 Å². The van der Waals surface area contributed by atoms with Crippen molar-refractivity contribution in [2.45, 2.75) is 25.4 Å². The van der Waals surface area contributed by atoms with Crippen LogP contribution < -0.4 is 9.47 Å². The number of ether oxygens (including phenoxy) is 2. The molecule has 1 aliphatic heterocycles. The van der Waals surface area contributed by atoms with E-state index in [4.69, 9.17) is 25.5 Å². The summed E-state index contributed by atoms with van der Waals surface area (Å²) in [6.07, 6.45) is 1.93. The van der Waals surface area contributed by atoms with Gasteiger partial charge in [0.15, 0.2) is 11.5 Å². The summed E-state index contributed by atoms with van der Waals surface area (Å²) in [4.78, 5) is 14.9. The van der Waals surface area contributed by atoms with Crippen molar-refractivity contribution in [2.75, 3.05) is 13.2 Å². The van der Waals surface area contributed by atoms with Gasteiger partial charge in [0.25, 0.3) is 5.91 Å². The van der Waals surface area contributed by atoms with E-state index in [2.05, 4.69) is 10.2 Å². The fraction of sp³-hybridized carbons (Fsp3) is 0.286. The van der Waals surface area contributed by atoms with Crippen LogP contribution in [0.3, 0.4) is 0 Å². The second kappa shape index (κ2) is 7.40. The molecule has 5 rings (SSSR count). The van der Waals surface area contributed by atoms with Crippen LogP contribution in [0, 0.1) is 0 Å². The molecular weight excluding hydrogens is 394 g/mol. The molecule has 29 heavy (non-hydrogen) atoms. The molecule has 0 radical (unpaired) electrons. The Balaban J connectivity index is 1.36. The average Bonchev–Trinajstić information content (AvgIpc) is 3.49. The molecule has 0 saturated heterocycles. The van der Waals surface area contributed by atoms with Crippen LogP contribution >= 0.6 is 11.6 Å². The Labute approximate surface area is 172 Å². The van der Waals surface area contributed by atoms with Gasteiger partial charge in [0.05, 0.1) is 6.54 Å². The van der Waals surface area contributed by atoms with Crippen molar-refractivity contribution in [2.24, 2.45) is 0 Å². The van der Waals surface area contributed by atoms with Crippen LogP contribution in [0.5, 0.6) is 11.5 Å². The molecule has 2 aromatic carbocycles. The zero-order valence-corrected chi connectivity index (χ0v) is 16.3. The molecule has 2 heterocycles. The van der Waals surface area contributed by atoms with Crippen LogP contribution in [0.1, 0.15) is 29.1 Å². The fourth-order valence-electron chi connectivity index (χ4n) is 3.27. The highest BCUT2D eigenvalue weighted by atomic mass is 35.5. The summed E-state index contributed by atoms with van der Waals surface area (Å²) < 4.78 is 16.9. The van der Waals surface area contributed by atoms with E-state index in [1.807, 2.05) is 12.1 Å². The standard InChI is InChI=1S/C21H18ClN3O4/c22-15-4-1-13(2-5-15)20-24-23-19(29-20)12-25(16-6-7-16)21(26)14-3-8-17-18(11-14)28-10-9-27-17/h1-5,8,11,16H,6-7,9-10,12H2. The molecule has 1 aliphatic carbocycles. The molecule has 1 aromatic heterocycles. The van der Waals surface area contributed by atoms with Crippen molar-refractivity contribution in [3.8, 4) is 23.0 Å². The lowest BCUT2D eigenvalue weighted by Gasteiger charge is -2.22. The van der Waals surface area contributed by atoms with Crippen LogP contribution in [-0.2, 0) is 6.54 Å². The van der Waals surface area contributed by atoms with Crippen molar-refractivity contribution in [3.63, 3.8) is 0 Å². The van der Waals surface area contributed by atoms with E-state index < -0.39 is 0 Å². The number of nitrogens with zero attached hydrogens (tertiary/aromatic N) is 3. The van der Waals surface area contributed by atoms with Crippen LogP contribution in [0.2, 0.25) is 5.02 Å². The third kappa shape index (κ3) is 3.78. The maximum atomic E-state index is 13.2. The number of aromatic nitrogens is 2. The van der Waals surface area contributed by atoms with Crippen LogP contribution in [0.4, 0.5) is 0 Å². The van der Waals surface area contributed by atoms with Crippen molar-refractivity contribution in [3.05, 3.63) is 58.9 Å². The smallest absolute Gasteiger partial charge is 0.254 e. The molecule has 3 aromatic rings. The largest absolute Gasteiger partial charge is 0.486 e. The Morgan fingerprint density at radius 2 is 1.79 bits per heavy atom. The number of rotatable bonds is 5. The minimum atomic E-state index is -0.0873. The molecule has 2 aliphatic rings. The highest BCUT2D eigenvalue weighted by molar-refractivity contribution is 6.30. The lowest BCUT2D eigenvalue weighted by atomic mass is 10.1. The van der Waals surface area contributed by atoms with Crippen molar-refractivity contribution >= 4 is 17.5 Å². The van der Waals surface area contributed by atoms with Crippen molar-refractivity contribution < 1.29 is 18.7 Å². The first-order valence-electron chi connectivity index (χ1n) is 9.46. The van der Waals surface area contributed by atoms with Gasteiger partial charge in [0.1, 0.15) is 13.2 Å². The number of halogens is 1. The summed E-state index contributed by atoms with van der Waals surface area (Å²) in [5.41, 5.74) is 1.34. The minimum Gasteiger partial charge on any atom is -0.486 e. The van der Waals surface area contributed by atoms with Crippen LogP contribution in [0.25, 0.3) is 11.5 Å². The normalized spacial score (nSPS) is 15.2. The highest BCUT2D eigenvalue weighted by Crippen LogP contribution is 2.34. The predicted molar refractivity (Wildman–Crippen MR) is 105 cm³/mol. The van der Waals surface area contributed by atoms with E-state index in [0.717, 1.165) is 18.4 Å². The quantitative estimate of drug-likeness (QED) is 0.632. The molecule has 1 fully saturated rings. The van der Waals surface area contributed by atoms with E-state index in [1.165, 1.54) is 0 Å². The summed E-state index contributed by atoms with van der Waals surface area (Å²) in [7, 11) is 0. The molecule has 1 saturated carbocycles. The van der Waals surface area contributed by atoms with E-state index in [-0.39, 0.29) is 18.5 Å². The zero-order chi connectivity index (χ0) is 19.8. The number of carbonyl (C=O) groups excluding carboxylic acids is 1. The average molecular weight is 412 g/mol. The van der Waals surface area contributed by atoms with E-state index in [1.54, 1.807) is 35.2 Å². The highest BCUT2D eigenvalue weighted by Gasteiger charge is 2.34. The number of fused-ring (bicyclic) bond motifs is 1. The monoisotopic (exact) mass is 411 g/mol. The first kappa shape index (κ1) is 18.0. The Kier molecular flexibility index (Phi) is 4.60. The third-order valence-corrected chi connectivity index (χ3v) is 5.15. The molecule has 0 unspecified atom stereocenters. The first-order chi connectivity index (χ1) is 14.2. The SMILES string of the molecule is O=C(c1ccc2c(c1)OCCO2)N(Cc1nnc(-c2ccc(Cl)cc2)o1)C1CC1. The van der Waals surface area contributed by atoms with Crippen molar-refractivity contribution in [1.82, 2.24) is 15.1 Å². The van der Waals surface area contributed by atoms with E-state index >= 15 is 0 Å². The lowest BCUT2D eigenvalue weighted by Crippen LogP contribution is -2.32. The van der Waals surface area contributed by atoms with E-state index in [9.17, 15) is 4.79 Å². The summed E-state index contributed by atoms with van der Waals surface area (Å²) in [6, 6.07) is 12.6. The topological polar surface area (TPSA) is 77.7 Å². The Morgan fingerprint density at radius 3 is 2.55 bits per heavy atom. The lowest BCUT2D eigenvalue weighted by molar-refractivity contribution is 0.0713. The molecule has 8 heteroatoms. The number of amides is 1. The van der Waals surface area contributed by atoms with Crippen LogP contribution in [-0.4, -0.2) is 40.3 Å². The van der Waals surface area contributed by atoms with Gasteiger partial charge >= 0.3 is 0 Å². The summed E-state index contributed by atoms with van der Waals surface area (Å²) >= 11 is 5.92. The molecule has 148 valence electrons. The number of carbonyl (C=O) groups is 1. The van der Waals surface area contributed by atoms with Crippen LogP contribution in [0.15, 0.2) is 46.9 Å². The van der Waals surface area contributed by atoms with Gasteiger partial charge in [-0.15, -0.1) is 10.2 Å². The summed E-state index contributed by atoms with van der Waals surface area (Å²) in [6.45, 7) is 1.26. The molecule has 1 amide bonds. The second-order valence-electron chi connectivity index (χ2n) is 7.03. The first-order valence-corrected chi connectivity index (χ1v) is 9.84. The Hall–Kier alpha value is -3.06. The fourth-order valence-corrected chi connectivity index (χ4v) is 3.39. The molecule has 0 N–H and O–H groups in total. The number of hydrogen-bond donors (Lipinski definition) is 0. The van der Waals surface area contributed by atoms with Gasteiger partial charge in [0.2, 0.25) is 11.8 Å². The Bertz CT molecular complexity index is 1050. The van der Waals surface area contributed by atoms with Gasteiger partial charge in [-0.1, -0.05) is 11.6 Å². The minimum absolute atomic E-state index is 0.0873. The molecular formula is C21H18ClN3O4. The maximum Gasteiger partial charge on any atom is 0.254 e. The van der Waals surface area contributed by atoms with Gasteiger partial charge in [-0.25, -0.2) is 0 Å². The zero-order valence-electron chi connectivity index (χ0n) is 15.5. The molecule has 0 spiro atoms. The molecule has 7 nitrogen and oxygen atoms in total. The summed E-state index contributed by atoms with van der Waals surface area (Å²) in [5.74, 6) is 1.97.